The van der Waals surface area contributed by atoms with Crippen molar-refractivity contribution in [2.24, 2.45) is 0 Å². The van der Waals surface area contributed by atoms with Crippen LogP contribution in [0.25, 0.3) is 11.0 Å². The van der Waals surface area contributed by atoms with Crippen LogP contribution in [0.4, 0.5) is 0 Å². The quantitative estimate of drug-likeness (QED) is 0.770. The molecule has 1 aliphatic heterocycles. The van der Waals surface area contributed by atoms with Crippen LogP contribution in [0.5, 0.6) is 0 Å². The Balaban J connectivity index is 0.000000457. The molecule has 1 aromatic carbocycles. The van der Waals surface area contributed by atoms with E-state index in [1.807, 2.05) is 13.8 Å². The molecule has 2 aromatic rings. The minimum atomic E-state index is 0.586. The van der Waals surface area contributed by atoms with E-state index in [2.05, 4.69) is 40.4 Å². The van der Waals surface area contributed by atoms with Crippen molar-refractivity contribution >= 4 is 11.0 Å². The van der Waals surface area contributed by atoms with Crippen LogP contribution in [-0.2, 0) is 0 Å². The normalized spacial score (nSPS) is 15.4. The Morgan fingerprint density at radius 1 is 1.25 bits per heavy atom. The second-order valence-electron chi connectivity index (χ2n) is 4.00. The van der Waals surface area contributed by atoms with E-state index in [1.165, 1.54) is 5.56 Å². The van der Waals surface area contributed by atoms with Crippen LogP contribution in [0, 0.1) is 6.92 Å². The molecule has 0 atom stereocenters. The first-order valence-electron chi connectivity index (χ1n) is 6.00. The first-order chi connectivity index (χ1) is 7.83. The number of hydrogen-bond acceptors (Lipinski definition) is 2. The third-order valence-electron chi connectivity index (χ3n) is 2.82. The molecule has 0 aliphatic carbocycles. The van der Waals surface area contributed by atoms with Gasteiger partial charge in [-0.3, -0.25) is 0 Å². The Kier molecular flexibility index (Phi) is 3.25. The van der Waals surface area contributed by atoms with Crippen molar-refractivity contribution in [1.82, 2.24) is 15.3 Å². The van der Waals surface area contributed by atoms with Crippen molar-refractivity contribution < 1.29 is 0 Å². The summed E-state index contributed by atoms with van der Waals surface area (Å²) in [6, 6.07) is 6.33. The van der Waals surface area contributed by atoms with Gasteiger partial charge in [0.15, 0.2) is 0 Å². The van der Waals surface area contributed by atoms with E-state index < -0.39 is 0 Å². The van der Waals surface area contributed by atoms with Gasteiger partial charge >= 0.3 is 0 Å². The van der Waals surface area contributed by atoms with Gasteiger partial charge < -0.3 is 10.3 Å². The Hall–Kier alpha value is -1.35. The first-order valence-corrected chi connectivity index (χ1v) is 6.00. The number of rotatable bonds is 1. The van der Waals surface area contributed by atoms with E-state index in [1.54, 1.807) is 0 Å². The summed E-state index contributed by atoms with van der Waals surface area (Å²) in [7, 11) is 0. The molecule has 0 saturated carbocycles. The fourth-order valence-corrected chi connectivity index (χ4v) is 1.82. The lowest BCUT2D eigenvalue weighted by molar-refractivity contribution is 0.433. The van der Waals surface area contributed by atoms with Crippen molar-refractivity contribution in [1.29, 1.82) is 0 Å². The summed E-state index contributed by atoms with van der Waals surface area (Å²) in [6.45, 7) is 8.21. The van der Waals surface area contributed by atoms with Gasteiger partial charge in [0.1, 0.15) is 5.82 Å². The Bertz CT molecular complexity index is 469. The van der Waals surface area contributed by atoms with Gasteiger partial charge in [0.2, 0.25) is 0 Å². The summed E-state index contributed by atoms with van der Waals surface area (Å²) in [5.41, 5.74) is 3.52. The molecule has 0 bridgehead atoms. The van der Waals surface area contributed by atoms with Crippen LogP contribution in [0.2, 0.25) is 0 Å². The van der Waals surface area contributed by atoms with Crippen molar-refractivity contribution in [3.05, 3.63) is 29.6 Å². The highest BCUT2D eigenvalue weighted by molar-refractivity contribution is 5.75. The van der Waals surface area contributed by atoms with Crippen LogP contribution < -0.4 is 5.32 Å². The molecule has 1 aliphatic rings. The fourth-order valence-electron chi connectivity index (χ4n) is 1.82. The topological polar surface area (TPSA) is 40.7 Å². The van der Waals surface area contributed by atoms with Crippen LogP contribution in [0.15, 0.2) is 18.2 Å². The van der Waals surface area contributed by atoms with Gasteiger partial charge in [0.25, 0.3) is 0 Å². The summed E-state index contributed by atoms with van der Waals surface area (Å²) in [5, 5.41) is 3.26. The van der Waals surface area contributed by atoms with Crippen molar-refractivity contribution in [2.75, 3.05) is 13.1 Å². The Morgan fingerprint density at radius 3 is 2.62 bits per heavy atom. The van der Waals surface area contributed by atoms with Crippen LogP contribution in [0.1, 0.15) is 31.2 Å². The highest BCUT2D eigenvalue weighted by Gasteiger charge is 2.21. The molecular weight excluding hydrogens is 198 g/mol. The monoisotopic (exact) mass is 217 g/mol. The predicted octanol–water partition coefficient (Wildman–Crippen LogP) is 2.58. The van der Waals surface area contributed by atoms with Gasteiger partial charge in [0, 0.05) is 19.0 Å². The second-order valence-corrected chi connectivity index (χ2v) is 4.00. The molecule has 1 fully saturated rings. The molecule has 0 unspecified atom stereocenters. The number of H-pyrrole nitrogens is 1. The fraction of sp³-hybridized carbons (Fsp3) is 0.462. The summed E-state index contributed by atoms with van der Waals surface area (Å²) in [5.74, 6) is 1.71. The maximum atomic E-state index is 4.58. The van der Waals surface area contributed by atoms with Crippen molar-refractivity contribution in [3.8, 4) is 0 Å². The molecule has 86 valence electrons. The highest BCUT2D eigenvalue weighted by atomic mass is 15.0. The van der Waals surface area contributed by atoms with Gasteiger partial charge in [-0.2, -0.15) is 0 Å². The Morgan fingerprint density at radius 2 is 2.00 bits per heavy atom. The summed E-state index contributed by atoms with van der Waals surface area (Å²) in [6.07, 6.45) is 0. The number of nitrogens with zero attached hydrogens (tertiary/aromatic N) is 1. The van der Waals surface area contributed by atoms with Gasteiger partial charge in [-0.1, -0.05) is 19.9 Å². The summed E-state index contributed by atoms with van der Waals surface area (Å²) >= 11 is 0. The molecule has 16 heavy (non-hydrogen) atoms. The molecular formula is C13H19N3. The van der Waals surface area contributed by atoms with E-state index in [9.17, 15) is 0 Å². The van der Waals surface area contributed by atoms with E-state index in [0.29, 0.717) is 5.92 Å². The van der Waals surface area contributed by atoms with Gasteiger partial charge in [0.05, 0.1) is 11.0 Å². The third kappa shape index (κ3) is 1.95. The minimum Gasteiger partial charge on any atom is -0.342 e. The number of aromatic nitrogens is 2. The van der Waals surface area contributed by atoms with E-state index in [4.69, 9.17) is 0 Å². The summed E-state index contributed by atoms with van der Waals surface area (Å²) < 4.78 is 0. The number of fused-ring (bicyclic) bond motifs is 1. The van der Waals surface area contributed by atoms with Crippen LogP contribution >= 0.6 is 0 Å². The smallest absolute Gasteiger partial charge is 0.112 e. The van der Waals surface area contributed by atoms with Crippen molar-refractivity contribution in [2.45, 2.75) is 26.7 Å². The predicted molar refractivity (Wildman–Crippen MR) is 67.8 cm³/mol. The standard InChI is InChI=1S/C11H13N3.C2H6/c1-7-2-3-9-10(4-7)14-11(13-9)8-5-12-6-8;1-2/h2-4,8,12H,5-6H2,1H3,(H,13,14);1-2H3. The molecule has 1 saturated heterocycles. The molecule has 2 heterocycles. The number of hydrogen-bond donors (Lipinski definition) is 2. The minimum absolute atomic E-state index is 0.586. The van der Waals surface area contributed by atoms with Gasteiger partial charge in [-0.25, -0.2) is 4.98 Å². The molecule has 0 spiro atoms. The number of imidazole rings is 1. The lowest BCUT2D eigenvalue weighted by Gasteiger charge is -2.24. The van der Waals surface area contributed by atoms with Gasteiger partial charge in [-0.05, 0) is 24.6 Å². The molecule has 3 heteroatoms. The molecule has 3 rings (SSSR count). The SMILES string of the molecule is CC.Cc1ccc2nc(C3CNC3)[nH]c2c1. The maximum Gasteiger partial charge on any atom is 0.112 e. The molecule has 1 aromatic heterocycles. The van der Waals surface area contributed by atoms with Crippen LogP contribution in [-0.4, -0.2) is 23.1 Å². The number of aryl methyl sites for hydroxylation is 1. The molecule has 0 radical (unpaired) electrons. The molecule has 0 amide bonds. The van der Waals surface area contributed by atoms with Gasteiger partial charge in [-0.15, -0.1) is 0 Å². The molecule has 2 N–H and O–H groups in total. The highest BCUT2D eigenvalue weighted by Crippen LogP contribution is 2.20. The summed E-state index contributed by atoms with van der Waals surface area (Å²) in [4.78, 5) is 7.97. The largest absolute Gasteiger partial charge is 0.342 e. The zero-order valence-electron chi connectivity index (χ0n) is 10.2. The van der Waals surface area contributed by atoms with E-state index >= 15 is 0 Å². The molecule has 3 nitrogen and oxygen atoms in total. The third-order valence-corrected chi connectivity index (χ3v) is 2.82. The zero-order chi connectivity index (χ0) is 11.5. The van der Waals surface area contributed by atoms with E-state index in [0.717, 1.165) is 29.9 Å². The Labute approximate surface area is 96.3 Å². The number of nitrogens with one attached hydrogen (secondary N) is 2. The lowest BCUT2D eigenvalue weighted by Crippen LogP contribution is -2.40. The van der Waals surface area contributed by atoms with Crippen molar-refractivity contribution in [3.63, 3.8) is 0 Å². The van der Waals surface area contributed by atoms with Crippen LogP contribution in [0.3, 0.4) is 0 Å². The maximum absolute atomic E-state index is 4.58. The lowest BCUT2D eigenvalue weighted by atomic mass is 10.0. The zero-order valence-corrected chi connectivity index (χ0v) is 10.2. The number of aromatic amines is 1. The number of benzene rings is 1. The average molecular weight is 217 g/mol. The van der Waals surface area contributed by atoms with E-state index in [-0.39, 0.29) is 0 Å². The first kappa shape index (κ1) is 11.1. The second kappa shape index (κ2) is 4.66. The average Bonchev–Trinajstić information content (AvgIpc) is 2.60.